The zero-order valence-corrected chi connectivity index (χ0v) is 10.9. The maximum atomic E-state index is 13.3. The highest BCUT2D eigenvalue weighted by Gasteiger charge is 2.22. The van der Waals surface area contributed by atoms with Gasteiger partial charge in [0.05, 0.1) is 11.7 Å². The number of Topliss-reactive ketones (excluding diaryl/α,β-unsaturated/α-hetero) is 1. The van der Waals surface area contributed by atoms with Gasteiger partial charge >= 0.3 is 0 Å². The maximum Gasteiger partial charge on any atom is 0.163 e. The third kappa shape index (κ3) is 3.09. The monoisotopic (exact) mass is 250 g/mol. The van der Waals surface area contributed by atoms with E-state index in [9.17, 15) is 9.18 Å². The lowest BCUT2D eigenvalue weighted by Crippen LogP contribution is -2.24. The number of rotatable bonds is 3. The summed E-state index contributed by atoms with van der Waals surface area (Å²) in [6.07, 6.45) is 4.43. The molecule has 1 saturated carbocycles. The van der Waals surface area contributed by atoms with Gasteiger partial charge in [0.25, 0.3) is 0 Å². The van der Waals surface area contributed by atoms with Gasteiger partial charge in [-0.3, -0.25) is 4.79 Å². The third-order valence-electron chi connectivity index (χ3n) is 3.50. The van der Waals surface area contributed by atoms with Crippen LogP contribution in [0.1, 0.15) is 49.9 Å². The Morgan fingerprint density at radius 2 is 2.17 bits per heavy atom. The number of halogens is 1. The minimum Gasteiger partial charge on any atom is -0.490 e. The molecule has 2 nitrogen and oxygen atoms in total. The van der Waals surface area contributed by atoms with Gasteiger partial charge in [0.2, 0.25) is 0 Å². The second-order valence-corrected chi connectivity index (χ2v) is 5.21. The number of ketones is 1. The van der Waals surface area contributed by atoms with Crippen molar-refractivity contribution in [3.05, 3.63) is 29.6 Å². The fourth-order valence-corrected chi connectivity index (χ4v) is 2.55. The number of benzene rings is 1. The van der Waals surface area contributed by atoms with E-state index >= 15 is 0 Å². The first-order chi connectivity index (χ1) is 8.56. The summed E-state index contributed by atoms with van der Waals surface area (Å²) in [5.74, 6) is 0.576. The first kappa shape index (κ1) is 13.1. The van der Waals surface area contributed by atoms with Crippen LogP contribution in [0.15, 0.2) is 18.2 Å². The SMILES string of the molecule is CC(=O)c1ccc(F)cc1OC1CCCC(C)C1. The molecule has 0 heterocycles. The highest BCUT2D eigenvalue weighted by molar-refractivity contribution is 5.96. The van der Waals surface area contributed by atoms with E-state index < -0.39 is 0 Å². The summed E-state index contributed by atoms with van der Waals surface area (Å²) in [4.78, 5) is 11.5. The van der Waals surface area contributed by atoms with Crippen molar-refractivity contribution in [2.75, 3.05) is 0 Å². The molecule has 1 aliphatic rings. The summed E-state index contributed by atoms with van der Waals surface area (Å²) in [5, 5.41) is 0. The molecule has 98 valence electrons. The quantitative estimate of drug-likeness (QED) is 0.758. The molecular weight excluding hydrogens is 231 g/mol. The van der Waals surface area contributed by atoms with Crippen molar-refractivity contribution >= 4 is 5.78 Å². The maximum absolute atomic E-state index is 13.3. The van der Waals surface area contributed by atoms with Crippen LogP contribution >= 0.6 is 0 Å². The van der Waals surface area contributed by atoms with Gasteiger partial charge in [-0.1, -0.05) is 13.3 Å². The molecular formula is C15H19FO2. The summed E-state index contributed by atoms with van der Waals surface area (Å²) >= 11 is 0. The Balaban J connectivity index is 2.16. The summed E-state index contributed by atoms with van der Waals surface area (Å²) in [7, 11) is 0. The molecule has 18 heavy (non-hydrogen) atoms. The number of carbonyl (C=O) groups excluding carboxylic acids is 1. The van der Waals surface area contributed by atoms with Crippen LogP contribution < -0.4 is 4.74 Å². The van der Waals surface area contributed by atoms with Crippen molar-refractivity contribution in [2.45, 2.75) is 45.6 Å². The lowest BCUT2D eigenvalue weighted by molar-refractivity contribution is 0.0993. The zero-order valence-electron chi connectivity index (χ0n) is 10.9. The van der Waals surface area contributed by atoms with Gasteiger partial charge in [-0.25, -0.2) is 4.39 Å². The molecule has 0 spiro atoms. The van der Waals surface area contributed by atoms with Gasteiger partial charge in [0.15, 0.2) is 5.78 Å². The van der Waals surface area contributed by atoms with E-state index in [1.807, 2.05) is 0 Å². The van der Waals surface area contributed by atoms with E-state index in [-0.39, 0.29) is 17.7 Å². The molecule has 2 unspecified atom stereocenters. The Hall–Kier alpha value is -1.38. The minimum atomic E-state index is -0.362. The first-order valence-corrected chi connectivity index (χ1v) is 6.53. The summed E-state index contributed by atoms with van der Waals surface area (Å²) in [6, 6.07) is 4.11. The standard InChI is InChI=1S/C15H19FO2/c1-10-4-3-5-13(8-10)18-15-9-12(16)6-7-14(15)11(2)17/h6-7,9-10,13H,3-5,8H2,1-2H3. The second-order valence-electron chi connectivity index (χ2n) is 5.21. The molecule has 0 amide bonds. The van der Waals surface area contributed by atoms with Gasteiger partial charge in [-0.05, 0) is 44.2 Å². The topological polar surface area (TPSA) is 26.3 Å². The molecule has 2 atom stereocenters. The average Bonchev–Trinajstić information content (AvgIpc) is 2.28. The van der Waals surface area contributed by atoms with Crippen LogP contribution in [0.25, 0.3) is 0 Å². The average molecular weight is 250 g/mol. The van der Waals surface area contributed by atoms with Crippen LogP contribution in [0.2, 0.25) is 0 Å². The zero-order chi connectivity index (χ0) is 13.1. The summed E-state index contributed by atoms with van der Waals surface area (Å²) in [5.41, 5.74) is 0.467. The predicted molar refractivity (Wildman–Crippen MR) is 68.5 cm³/mol. The number of hydrogen-bond donors (Lipinski definition) is 0. The molecule has 0 bridgehead atoms. The fourth-order valence-electron chi connectivity index (χ4n) is 2.55. The van der Waals surface area contributed by atoms with E-state index in [2.05, 4.69) is 6.92 Å². The molecule has 1 aromatic carbocycles. The van der Waals surface area contributed by atoms with Crippen molar-refractivity contribution in [3.8, 4) is 5.75 Å². The van der Waals surface area contributed by atoms with E-state index in [0.29, 0.717) is 17.2 Å². The van der Waals surface area contributed by atoms with Gasteiger partial charge in [-0.15, -0.1) is 0 Å². The highest BCUT2D eigenvalue weighted by Crippen LogP contribution is 2.29. The molecule has 0 saturated heterocycles. The Bertz CT molecular complexity index is 442. The Kier molecular flexibility index (Phi) is 4.00. The smallest absolute Gasteiger partial charge is 0.163 e. The van der Waals surface area contributed by atoms with Crippen molar-refractivity contribution in [3.63, 3.8) is 0 Å². The summed E-state index contributed by atoms with van der Waals surface area (Å²) in [6.45, 7) is 3.68. The fraction of sp³-hybridized carbons (Fsp3) is 0.533. The van der Waals surface area contributed by atoms with Crippen molar-refractivity contribution in [2.24, 2.45) is 5.92 Å². The van der Waals surface area contributed by atoms with Gasteiger partial charge in [0, 0.05) is 6.07 Å². The van der Waals surface area contributed by atoms with Crippen LogP contribution in [0.4, 0.5) is 4.39 Å². The van der Waals surface area contributed by atoms with E-state index in [1.165, 1.54) is 31.5 Å². The second kappa shape index (κ2) is 5.51. The molecule has 3 heteroatoms. The minimum absolute atomic E-state index is 0.0890. The number of carbonyl (C=O) groups is 1. The Labute approximate surface area is 107 Å². The Morgan fingerprint density at radius 1 is 1.39 bits per heavy atom. The molecule has 1 aromatic rings. The number of ether oxygens (including phenoxy) is 1. The van der Waals surface area contributed by atoms with E-state index in [0.717, 1.165) is 19.3 Å². The molecule has 0 aromatic heterocycles. The first-order valence-electron chi connectivity index (χ1n) is 6.53. The van der Waals surface area contributed by atoms with Gasteiger partial charge in [-0.2, -0.15) is 0 Å². The van der Waals surface area contributed by atoms with Crippen LogP contribution in [0, 0.1) is 11.7 Å². The lowest BCUT2D eigenvalue weighted by atomic mass is 9.88. The van der Waals surface area contributed by atoms with E-state index in [1.54, 1.807) is 0 Å². The van der Waals surface area contributed by atoms with Crippen LogP contribution in [0.5, 0.6) is 5.75 Å². The van der Waals surface area contributed by atoms with Crippen LogP contribution in [0.3, 0.4) is 0 Å². The molecule has 0 aliphatic heterocycles. The highest BCUT2D eigenvalue weighted by atomic mass is 19.1. The normalized spacial score (nSPS) is 23.7. The lowest BCUT2D eigenvalue weighted by Gasteiger charge is -2.28. The van der Waals surface area contributed by atoms with Crippen molar-refractivity contribution in [1.29, 1.82) is 0 Å². The van der Waals surface area contributed by atoms with Crippen LogP contribution in [-0.2, 0) is 0 Å². The largest absolute Gasteiger partial charge is 0.490 e. The molecule has 0 radical (unpaired) electrons. The van der Waals surface area contributed by atoms with Crippen molar-refractivity contribution in [1.82, 2.24) is 0 Å². The van der Waals surface area contributed by atoms with Crippen molar-refractivity contribution < 1.29 is 13.9 Å². The number of hydrogen-bond acceptors (Lipinski definition) is 2. The molecule has 2 rings (SSSR count). The van der Waals surface area contributed by atoms with Gasteiger partial charge < -0.3 is 4.74 Å². The van der Waals surface area contributed by atoms with Crippen LogP contribution in [-0.4, -0.2) is 11.9 Å². The molecule has 1 fully saturated rings. The molecule has 1 aliphatic carbocycles. The Morgan fingerprint density at radius 3 is 2.83 bits per heavy atom. The third-order valence-corrected chi connectivity index (χ3v) is 3.50. The van der Waals surface area contributed by atoms with E-state index in [4.69, 9.17) is 4.74 Å². The predicted octanol–water partition coefficient (Wildman–Crippen LogP) is 3.99. The van der Waals surface area contributed by atoms with Gasteiger partial charge in [0.1, 0.15) is 11.6 Å². The summed E-state index contributed by atoms with van der Waals surface area (Å²) < 4.78 is 19.1. The molecule has 0 N–H and O–H groups in total.